The van der Waals surface area contributed by atoms with Gasteiger partial charge in [0.2, 0.25) is 0 Å². The predicted molar refractivity (Wildman–Crippen MR) is 67.9 cm³/mol. The van der Waals surface area contributed by atoms with E-state index in [1.54, 1.807) is 18.3 Å². The monoisotopic (exact) mass is 247 g/mol. The number of urea groups is 1. The molecule has 2 rings (SSSR count). The number of hydrogen-bond donors (Lipinski definition) is 3. The summed E-state index contributed by atoms with van der Waals surface area (Å²) in [7, 11) is 0. The highest BCUT2D eigenvalue weighted by molar-refractivity contribution is 5.93. The number of guanidine groups is 1. The van der Waals surface area contributed by atoms with E-state index in [2.05, 4.69) is 10.3 Å². The molecule has 2 amide bonds. The van der Waals surface area contributed by atoms with E-state index in [0.29, 0.717) is 5.69 Å². The Morgan fingerprint density at radius 1 is 1.56 bits per heavy atom. The first-order valence-electron chi connectivity index (χ1n) is 5.99. The van der Waals surface area contributed by atoms with Gasteiger partial charge in [-0.05, 0) is 31.4 Å². The molecule has 0 bridgehead atoms. The third kappa shape index (κ3) is 2.97. The van der Waals surface area contributed by atoms with Crippen LogP contribution in [0.5, 0.6) is 0 Å². The second kappa shape index (κ2) is 5.48. The fourth-order valence-corrected chi connectivity index (χ4v) is 1.73. The quantitative estimate of drug-likeness (QED) is 0.550. The molecule has 0 radical (unpaired) electrons. The lowest BCUT2D eigenvalue weighted by Crippen LogP contribution is -2.51. The van der Waals surface area contributed by atoms with Gasteiger partial charge in [0.1, 0.15) is 0 Å². The first kappa shape index (κ1) is 12.3. The van der Waals surface area contributed by atoms with Gasteiger partial charge in [-0.25, -0.2) is 4.79 Å². The summed E-state index contributed by atoms with van der Waals surface area (Å²) in [5, 5.41) is 10.3. The Morgan fingerprint density at radius 3 is 2.83 bits per heavy atom. The number of rotatable bonds is 3. The van der Waals surface area contributed by atoms with Crippen LogP contribution in [0.15, 0.2) is 24.4 Å². The Kier molecular flexibility index (Phi) is 3.76. The van der Waals surface area contributed by atoms with Crippen LogP contribution in [0.25, 0.3) is 0 Å². The first-order valence-corrected chi connectivity index (χ1v) is 5.99. The SMILES string of the molecule is N=C(N)N(Cc1ccccn1)C(=O)NC1CCC1. The van der Waals surface area contributed by atoms with Crippen LogP contribution in [0.4, 0.5) is 4.79 Å². The number of amides is 2. The van der Waals surface area contributed by atoms with Gasteiger partial charge in [-0.3, -0.25) is 15.3 Å². The summed E-state index contributed by atoms with van der Waals surface area (Å²) >= 11 is 0. The summed E-state index contributed by atoms with van der Waals surface area (Å²) in [6.45, 7) is 0.217. The highest BCUT2D eigenvalue weighted by Crippen LogP contribution is 2.18. The fourth-order valence-electron chi connectivity index (χ4n) is 1.73. The zero-order valence-electron chi connectivity index (χ0n) is 10.1. The normalized spacial score (nSPS) is 14.7. The lowest BCUT2D eigenvalue weighted by molar-refractivity contribution is 0.206. The molecule has 96 valence electrons. The van der Waals surface area contributed by atoms with Crippen molar-refractivity contribution in [3.8, 4) is 0 Å². The van der Waals surface area contributed by atoms with Crippen molar-refractivity contribution in [1.29, 1.82) is 5.41 Å². The van der Waals surface area contributed by atoms with Gasteiger partial charge in [0.25, 0.3) is 0 Å². The third-order valence-corrected chi connectivity index (χ3v) is 3.01. The highest BCUT2D eigenvalue weighted by Gasteiger charge is 2.24. The van der Waals surface area contributed by atoms with Crippen LogP contribution >= 0.6 is 0 Å². The van der Waals surface area contributed by atoms with E-state index >= 15 is 0 Å². The average Bonchev–Trinajstić information content (AvgIpc) is 2.31. The molecule has 0 atom stereocenters. The Hall–Kier alpha value is -2.11. The van der Waals surface area contributed by atoms with Crippen molar-refractivity contribution in [2.24, 2.45) is 5.73 Å². The van der Waals surface area contributed by atoms with Crippen molar-refractivity contribution in [2.45, 2.75) is 31.8 Å². The molecule has 1 saturated carbocycles. The van der Waals surface area contributed by atoms with Gasteiger partial charge < -0.3 is 11.1 Å². The summed E-state index contributed by atoms with van der Waals surface area (Å²) in [6.07, 6.45) is 4.80. The molecule has 0 aromatic carbocycles. The smallest absolute Gasteiger partial charge is 0.324 e. The van der Waals surface area contributed by atoms with Crippen LogP contribution < -0.4 is 11.1 Å². The Morgan fingerprint density at radius 2 is 2.33 bits per heavy atom. The number of pyridine rings is 1. The summed E-state index contributed by atoms with van der Waals surface area (Å²) in [5.74, 6) is -0.266. The second-order valence-corrected chi connectivity index (χ2v) is 4.37. The molecule has 0 aliphatic heterocycles. The van der Waals surface area contributed by atoms with E-state index in [-0.39, 0.29) is 24.6 Å². The van der Waals surface area contributed by atoms with E-state index in [1.165, 1.54) is 4.90 Å². The maximum Gasteiger partial charge on any atom is 0.324 e. The Bertz CT molecular complexity index is 429. The lowest BCUT2D eigenvalue weighted by Gasteiger charge is -2.29. The van der Waals surface area contributed by atoms with E-state index in [4.69, 9.17) is 11.1 Å². The van der Waals surface area contributed by atoms with E-state index < -0.39 is 0 Å². The summed E-state index contributed by atoms with van der Waals surface area (Å²) < 4.78 is 0. The van der Waals surface area contributed by atoms with Crippen molar-refractivity contribution >= 4 is 12.0 Å². The maximum atomic E-state index is 12.0. The minimum Gasteiger partial charge on any atom is -0.370 e. The van der Waals surface area contributed by atoms with Gasteiger partial charge in [0.05, 0.1) is 12.2 Å². The number of aromatic nitrogens is 1. The zero-order valence-corrected chi connectivity index (χ0v) is 10.1. The Labute approximate surface area is 106 Å². The van der Waals surface area contributed by atoms with Crippen LogP contribution in [-0.2, 0) is 6.54 Å². The molecule has 1 aromatic heterocycles. The summed E-state index contributed by atoms with van der Waals surface area (Å²) in [5.41, 5.74) is 6.15. The van der Waals surface area contributed by atoms with Crippen molar-refractivity contribution in [1.82, 2.24) is 15.2 Å². The molecule has 1 aliphatic rings. The minimum atomic E-state index is -0.321. The fraction of sp³-hybridized carbons (Fsp3) is 0.417. The van der Waals surface area contributed by atoms with Gasteiger partial charge in [0, 0.05) is 12.2 Å². The highest BCUT2D eigenvalue weighted by atomic mass is 16.2. The topological polar surface area (TPSA) is 95.1 Å². The van der Waals surface area contributed by atoms with Crippen LogP contribution in [0.1, 0.15) is 25.0 Å². The number of nitrogens with two attached hydrogens (primary N) is 1. The lowest BCUT2D eigenvalue weighted by atomic mass is 9.93. The molecular weight excluding hydrogens is 230 g/mol. The minimum absolute atomic E-state index is 0.217. The number of carbonyl (C=O) groups is 1. The number of nitrogens with zero attached hydrogens (tertiary/aromatic N) is 2. The number of carbonyl (C=O) groups excluding carboxylic acids is 1. The molecule has 1 aliphatic carbocycles. The van der Waals surface area contributed by atoms with Crippen LogP contribution in [0.2, 0.25) is 0 Å². The molecule has 6 nitrogen and oxygen atoms in total. The van der Waals surface area contributed by atoms with E-state index in [0.717, 1.165) is 19.3 Å². The van der Waals surface area contributed by atoms with Crippen LogP contribution in [0.3, 0.4) is 0 Å². The molecule has 0 saturated heterocycles. The van der Waals surface area contributed by atoms with Crippen molar-refractivity contribution < 1.29 is 4.79 Å². The van der Waals surface area contributed by atoms with Gasteiger partial charge in [-0.2, -0.15) is 0 Å². The molecule has 4 N–H and O–H groups in total. The van der Waals surface area contributed by atoms with Gasteiger partial charge in [0.15, 0.2) is 5.96 Å². The average molecular weight is 247 g/mol. The van der Waals surface area contributed by atoms with Crippen LogP contribution in [0, 0.1) is 5.41 Å². The molecule has 18 heavy (non-hydrogen) atoms. The second-order valence-electron chi connectivity index (χ2n) is 4.37. The molecule has 1 fully saturated rings. The van der Waals surface area contributed by atoms with Crippen LogP contribution in [-0.4, -0.2) is 27.9 Å². The van der Waals surface area contributed by atoms with Gasteiger partial charge >= 0.3 is 6.03 Å². The molecule has 0 unspecified atom stereocenters. The first-order chi connectivity index (χ1) is 8.66. The standard InChI is InChI=1S/C12H17N5O/c13-11(14)17(8-10-4-1-2-7-15-10)12(18)16-9-5-3-6-9/h1-2,4,7,9H,3,5-6,8H2,(H3,13,14)(H,16,18). The van der Waals surface area contributed by atoms with E-state index in [1.807, 2.05) is 6.07 Å². The number of nitrogens with one attached hydrogen (secondary N) is 2. The Balaban J connectivity index is 1.98. The molecular formula is C12H17N5O. The largest absolute Gasteiger partial charge is 0.370 e. The van der Waals surface area contributed by atoms with Gasteiger partial charge in [-0.15, -0.1) is 0 Å². The number of hydrogen-bond acceptors (Lipinski definition) is 3. The predicted octanol–water partition coefficient (Wildman–Crippen LogP) is 1.04. The van der Waals surface area contributed by atoms with Crippen molar-refractivity contribution in [2.75, 3.05) is 0 Å². The molecule has 1 aromatic rings. The molecule has 1 heterocycles. The third-order valence-electron chi connectivity index (χ3n) is 3.01. The summed E-state index contributed by atoms with van der Waals surface area (Å²) in [4.78, 5) is 17.3. The maximum absolute atomic E-state index is 12.0. The molecule has 6 heteroatoms. The summed E-state index contributed by atoms with van der Waals surface area (Å²) in [6, 6.07) is 5.34. The molecule has 0 spiro atoms. The van der Waals surface area contributed by atoms with Crippen molar-refractivity contribution in [3.63, 3.8) is 0 Å². The van der Waals surface area contributed by atoms with Gasteiger partial charge in [-0.1, -0.05) is 6.07 Å². The van der Waals surface area contributed by atoms with E-state index in [9.17, 15) is 4.79 Å². The zero-order chi connectivity index (χ0) is 13.0. The van der Waals surface area contributed by atoms with Crippen molar-refractivity contribution in [3.05, 3.63) is 30.1 Å².